The number of nitrogen functional groups attached to an aromatic ring is 1. The molecule has 68 valence electrons. The fraction of sp³-hybridized carbons (Fsp3) is 0. The molecular weight excluding hydrogens is 289 g/mol. The highest BCUT2D eigenvalue weighted by Crippen LogP contribution is 2.11. The van der Waals surface area contributed by atoms with Gasteiger partial charge in [-0.3, -0.25) is 9.89 Å². The first-order chi connectivity index (χ1) is 6.11. The highest BCUT2D eigenvalue weighted by atomic mass is 127. The maximum atomic E-state index is 11.4. The maximum Gasteiger partial charge on any atom is 0.300 e. The smallest absolute Gasteiger partial charge is 0.300 e. The lowest BCUT2D eigenvalue weighted by molar-refractivity contribution is 0.180. The molecule has 0 radical (unpaired) electrons. The Labute approximate surface area is 84.7 Å². The van der Waals surface area contributed by atoms with E-state index in [4.69, 9.17) is 10.9 Å². The van der Waals surface area contributed by atoms with E-state index in [1.807, 2.05) is 22.6 Å². The van der Waals surface area contributed by atoms with Crippen LogP contribution in [0.3, 0.4) is 0 Å². The van der Waals surface area contributed by atoms with E-state index in [-0.39, 0.29) is 17.0 Å². The van der Waals surface area contributed by atoms with Crippen LogP contribution in [0.4, 0.5) is 5.95 Å². The first-order valence-corrected chi connectivity index (χ1v) is 4.30. The molecule has 0 aliphatic rings. The molecule has 0 aliphatic carbocycles. The number of anilines is 1. The van der Waals surface area contributed by atoms with Crippen molar-refractivity contribution in [2.45, 2.75) is 0 Å². The summed E-state index contributed by atoms with van der Waals surface area (Å²) in [4.78, 5) is 15.1. The van der Waals surface area contributed by atoms with Gasteiger partial charge in [-0.2, -0.15) is 10.1 Å². The molecule has 4 N–H and O–H groups in total. The van der Waals surface area contributed by atoms with E-state index in [1.165, 1.54) is 0 Å². The molecule has 0 aliphatic heterocycles. The summed E-state index contributed by atoms with van der Waals surface area (Å²) in [5, 5.41) is 15.6. The summed E-state index contributed by atoms with van der Waals surface area (Å²) in [6.07, 6.45) is 0. The number of nitrogens with one attached hydrogen (secondary N) is 1. The van der Waals surface area contributed by atoms with E-state index in [1.54, 1.807) is 0 Å². The quantitative estimate of drug-likeness (QED) is 0.450. The zero-order valence-electron chi connectivity index (χ0n) is 6.15. The average Bonchev–Trinajstić information content (AvgIpc) is 2.43. The lowest BCUT2D eigenvalue weighted by Gasteiger charge is -1.98. The highest BCUT2D eigenvalue weighted by Gasteiger charge is 2.12. The zero-order valence-corrected chi connectivity index (χ0v) is 8.31. The summed E-state index contributed by atoms with van der Waals surface area (Å²) in [5.41, 5.74) is 4.90. The molecule has 13 heavy (non-hydrogen) atoms. The van der Waals surface area contributed by atoms with Crippen molar-refractivity contribution in [1.82, 2.24) is 19.9 Å². The van der Waals surface area contributed by atoms with Crippen LogP contribution in [0.2, 0.25) is 0 Å². The van der Waals surface area contributed by atoms with Gasteiger partial charge in [0.15, 0.2) is 5.65 Å². The lowest BCUT2D eigenvalue weighted by atomic mass is 10.4. The molecule has 0 unspecified atom stereocenters. The number of nitrogens with zero attached hydrogens (tertiary/aromatic N) is 3. The molecule has 0 saturated heterocycles. The SMILES string of the molecule is Nc1nc2[nH]nc(I)c2c(=O)n1O. The molecular formula is C5H4IN5O2. The summed E-state index contributed by atoms with van der Waals surface area (Å²) in [6, 6.07) is 0. The van der Waals surface area contributed by atoms with Gasteiger partial charge in [-0.15, -0.1) is 4.73 Å². The number of aromatic nitrogens is 4. The molecule has 0 fully saturated rings. The van der Waals surface area contributed by atoms with Gasteiger partial charge in [0.05, 0.1) is 0 Å². The van der Waals surface area contributed by atoms with Gasteiger partial charge in [0, 0.05) is 0 Å². The summed E-state index contributed by atoms with van der Waals surface area (Å²) in [6.45, 7) is 0. The van der Waals surface area contributed by atoms with Gasteiger partial charge < -0.3 is 10.9 Å². The van der Waals surface area contributed by atoms with Crippen molar-refractivity contribution >= 4 is 39.6 Å². The number of fused-ring (bicyclic) bond motifs is 1. The Morgan fingerprint density at radius 1 is 1.62 bits per heavy atom. The number of rotatable bonds is 0. The summed E-state index contributed by atoms with van der Waals surface area (Å²) < 4.78 is 0.743. The van der Waals surface area contributed by atoms with Crippen LogP contribution >= 0.6 is 22.6 Å². The standard InChI is InChI=1S/C5H4IN5O2/c6-2-1-3(10-9-2)8-5(7)11(13)4(1)12/h13H,(H3,7,8,9,10). The van der Waals surface area contributed by atoms with E-state index in [2.05, 4.69) is 15.2 Å². The average molecular weight is 293 g/mol. The third kappa shape index (κ3) is 1.05. The van der Waals surface area contributed by atoms with Crippen molar-refractivity contribution in [1.29, 1.82) is 0 Å². The van der Waals surface area contributed by atoms with Gasteiger partial charge in [-0.25, -0.2) is 0 Å². The van der Waals surface area contributed by atoms with Crippen LogP contribution in [0.5, 0.6) is 0 Å². The lowest BCUT2D eigenvalue weighted by Crippen LogP contribution is -2.22. The van der Waals surface area contributed by atoms with E-state index < -0.39 is 5.56 Å². The summed E-state index contributed by atoms with van der Waals surface area (Å²) in [7, 11) is 0. The normalized spacial score (nSPS) is 10.8. The fourth-order valence-corrected chi connectivity index (χ4v) is 1.56. The Bertz CT molecular complexity index is 529. The minimum atomic E-state index is -0.624. The topological polar surface area (TPSA) is 110 Å². The van der Waals surface area contributed by atoms with E-state index >= 15 is 0 Å². The number of nitrogens with two attached hydrogens (primary N) is 1. The fourth-order valence-electron chi connectivity index (χ4n) is 0.954. The predicted molar refractivity (Wildman–Crippen MR) is 52.5 cm³/mol. The first-order valence-electron chi connectivity index (χ1n) is 3.22. The van der Waals surface area contributed by atoms with E-state index in [0.717, 1.165) is 0 Å². The number of hydrogen-bond acceptors (Lipinski definition) is 5. The second-order valence-corrected chi connectivity index (χ2v) is 3.35. The van der Waals surface area contributed by atoms with Crippen molar-refractivity contribution in [2.75, 3.05) is 5.73 Å². The second kappa shape index (κ2) is 2.58. The van der Waals surface area contributed by atoms with Gasteiger partial charge in [0.25, 0.3) is 5.56 Å². The summed E-state index contributed by atoms with van der Waals surface area (Å²) >= 11 is 1.86. The molecule has 0 bridgehead atoms. The van der Waals surface area contributed by atoms with Crippen molar-refractivity contribution in [3.63, 3.8) is 0 Å². The van der Waals surface area contributed by atoms with Gasteiger partial charge in [-0.1, -0.05) is 0 Å². The second-order valence-electron chi connectivity index (χ2n) is 2.32. The molecule has 0 spiro atoms. The molecule has 2 aromatic heterocycles. The minimum Gasteiger partial charge on any atom is -0.422 e. The van der Waals surface area contributed by atoms with Gasteiger partial charge in [0.2, 0.25) is 5.95 Å². The van der Waals surface area contributed by atoms with Crippen molar-refractivity contribution < 1.29 is 5.21 Å². The van der Waals surface area contributed by atoms with Crippen molar-refractivity contribution in [3.8, 4) is 0 Å². The van der Waals surface area contributed by atoms with E-state index in [0.29, 0.717) is 8.43 Å². The van der Waals surface area contributed by atoms with Crippen LogP contribution in [0, 0.1) is 3.70 Å². The van der Waals surface area contributed by atoms with Crippen LogP contribution in [0.1, 0.15) is 0 Å². The number of H-pyrrole nitrogens is 1. The van der Waals surface area contributed by atoms with Crippen molar-refractivity contribution in [2.24, 2.45) is 0 Å². The molecule has 0 amide bonds. The van der Waals surface area contributed by atoms with Crippen molar-refractivity contribution in [3.05, 3.63) is 14.1 Å². The Morgan fingerprint density at radius 3 is 3.00 bits per heavy atom. The molecule has 0 atom stereocenters. The highest BCUT2D eigenvalue weighted by molar-refractivity contribution is 14.1. The van der Waals surface area contributed by atoms with Crippen LogP contribution < -0.4 is 11.3 Å². The number of aromatic amines is 1. The van der Waals surface area contributed by atoms with Crippen LogP contribution in [-0.2, 0) is 0 Å². The monoisotopic (exact) mass is 293 g/mol. The molecule has 8 heteroatoms. The first kappa shape index (κ1) is 8.29. The molecule has 2 rings (SSSR count). The van der Waals surface area contributed by atoms with Gasteiger partial charge in [0.1, 0.15) is 9.09 Å². The van der Waals surface area contributed by atoms with Crippen LogP contribution in [0.15, 0.2) is 4.79 Å². The Morgan fingerprint density at radius 2 is 2.31 bits per heavy atom. The third-order valence-corrected chi connectivity index (χ3v) is 2.33. The number of hydrogen-bond donors (Lipinski definition) is 3. The molecule has 7 nitrogen and oxygen atoms in total. The largest absolute Gasteiger partial charge is 0.422 e. The molecule has 2 aromatic rings. The predicted octanol–water partition coefficient (Wildman–Crippen LogP) is -0.456. The summed E-state index contributed by atoms with van der Waals surface area (Å²) in [5.74, 6) is -0.266. The molecule has 2 heterocycles. The minimum absolute atomic E-state index is 0.234. The maximum absolute atomic E-state index is 11.4. The Hall–Kier alpha value is -1.32. The van der Waals surface area contributed by atoms with Crippen LogP contribution in [0.25, 0.3) is 11.0 Å². The van der Waals surface area contributed by atoms with Crippen LogP contribution in [-0.4, -0.2) is 25.1 Å². The van der Waals surface area contributed by atoms with E-state index in [9.17, 15) is 4.79 Å². The van der Waals surface area contributed by atoms with Gasteiger partial charge >= 0.3 is 0 Å². The third-order valence-electron chi connectivity index (χ3n) is 1.55. The molecule has 0 aromatic carbocycles. The Kier molecular flexibility index (Phi) is 1.65. The number of halogens is 1. The van der Waals surface area contributed by atoms with Gasteiger partial charge in [-0.05, 0) is 22.6 Å². The zero-order chi connectivity index (χ0) is 9.59. The Balaban J connectivity index is 3.06. The molecule has 0 saturated carbocycles.